The largest absolute Gasteiger partial charge is 0.369 e. The normalized spacial score (nSPS) is 18.2. The van der Waals surface area contributed by atoms with Crippen molar-refractivity contribution >= 4 is 17.5 Å². The molecule has 0 spiro atoms. The summed E-state index contributed by atoms with van der Waals surface area (Å²) < 4.78 is 0. The van der Waals surface area contributed by atoms with E-state index in [2.05, 4.69) is 21.9 Å². The number of primary amides is 1. The lowest BCUT2D eigenvalue weighted by Crippen LogP contribution is -2.36. The first kappa shape index (κ1) is 14.3. The Bertz CT molecular complexity index is 421. The van der Waals surface area contributed by atoms with Gasteiger partial charge in [-0.2, -0.15) is 0 Å². The standard InChI is InChI=1S/C14H20ClN3O/c15-13-4-2-12(3-5-13)10-17-6-1-7-18(9-8-17)11-14(16)19/h2-5H,1,6-11H2,(H2,16,19). The van der Waals surface area contributed by atoms with Crippen LogP contribution in [0.15, 0.2) is 24.3 Å². The van der Waals surface area contributed by atoms with Crippen molar-refractivity contribution in [2.75, 3.05) is 32.7 Å². The van der Waals surface area contributed by atoms with Crippen molar-refractivity contribution in [2.24, 2.45) is 5.73 Å². The molecule has 1 saturated heterocycles. The van der Waals surface area contributed by atoms with Crippen LogP contribution in [0, 0.1) is 0 Å². The Morgan fingerprint density at radius 1 is 1.11 bits per heavy atom. The first-order valence-electron chi connectivity index (χ1n) is 6.61. The number of nitrogens with two attached hydrogens (primary N) is 1. The number of carbonyl (C=O) groups excluding carboxylic acids is 1. The summed E-state index contributed by atoms with van der Waals surface area (Å²) >= 11 is 5.88. The molecule has 0 unspecified atom stereocenters. The smallest absolute Gasteiger partial charge is 0.231 e. The minimum absolute atomic E-state index is 0.244. The van der Waals surface area contributed by atoms with Gasteiger partial charge in [0.15, 0.2) is 0 Å². The number of nitrogens with zero attached hydrogens (tertiary/aromatic N) is 2. The zero-order valence-electron chi connectivity index (χ0n) is 11.0. The molecule has 1 aromatic rings. The molecule has 0 saturated carbocycles. The lowest BCUT2D eigenvalue weighted by molar-refractivity contribution is -0.119. The molecule has 2 rings (SSSR count). The van der Waals surface area contributed by atoms with Crippen LogP contribution in [0.2, 0.25) is 5.02 Å². The zero-order chi connectivity index (χ0) is 13.7. The van der Waals surface area contributed by atoms with Crippen LogP contribution >= 0.6 is 11.6 Å². The van der Waals surface area contributed by atoms with Crippen molar-refractivity contribution in [3.63, 3.8) is 0 Å². The summed E-state index contributed by atoms with van der Waals surface area (Å²) in [5, 5.41) is 0.771. The Morgan fingerprint density at radius 2 is 1.74 bits per heavy atom. The van der Waals surface area contributed by atoms with E-state index in [0.29, 0.717) is 6.54 Å². The van der Waals surface area contributed by atoms with Crippen molar-refractivity contribution in [2.45, 2.75) is 13.0 Å². The Kier molecular flexibility index (Phi) is 5.19. The van der Waals surface area contributed by atoms with Gasteiger partial charge in [-0.1, -0.05) is 23.7 Å². The molecule has 1 aromatic carbocycles. The van der Waals surface area contributed by atoms with Crippen LogP contribution in [-0.2, 0) is 11.3 Å². The first-order chi connectivity index (χ1) is 9.13. The highest BCUT2D eigenvalue weighted by Crippen LogP contribution is 2.13. The summed E-state index contributed by atoms with van der Waals surface area (Å²) in [5.41, 5.74) is 6.51. The summed E-state index contributed by atoms with van der Waals surface area (Å²) in [6, 6.07) is 7.98. The Labute approximate surface area is 119 Å². The van der Waals surface area contributed by atoms with Gasteiger partial charge in [-0.25, -0.2) is 0 Å². The minimum atomic E-state index is -0.244. The Morgan fingerprint density at radius 3 is 2.42 bits per heavy atom. The number of amides is 1. The van der Waals surface area contributed by atoms with Gasteiger partial charge in [-0.05, 0) is 37.2 Å². The van der Waals surface area contributed by atoms with E-state index in [1.807, 2.05) is 12.1 Å². The van der Waals surface area contributed by atoms with Gasteiger partial charge in [-0.15, -0.1) is 0 Å². The fourth-order valence-electron chi connectivity index (χ4n) is 2.41. The summed E-state index contributed by atoms with van der Waals surface area (Å²) in [7, 11) is 0. The van der Waals surface area contributed by atoms with Gasteiger partial charge in [0, 0.05) is 24.7 Å². The topological polar surface area (TPSA) is 49.6 Å². The third kappa shape index (κ3) is 4.82. The summed E-state index contributed by atoms with van der Waals surface area (Å²) in [6.07, 6.45) is 1.07. The van der Waals surface area contributed by atoms with Crippen molar-refractivity contribution in [1.29, 1.82) is 0 Å². The van der Waals surface area contributed by atoms with Crippen LogP contribution in [-0.4, -0.2) is 48.4 Å². The van der Waals surface area contributed by atoms with E-state index in [1.54, 1.807) is 0 Å². The van der Waals surface area contributed by atoms with Gasteiger partial charge >= 0.3 is 0 Å². The maximum absolute atomic E-state index is 10.9. The SMILES string of the molecule is NC(=O)CN1CCCN(Cc2ccc(Cl)cc2)CC1. The lowest BCUT2D eigenvalue weighted by Gasteiger charge is -2.21. The van der Waals surface area contributed by atoms with Crippen molar-refractivity contribution in [3.05, 3.63) is 34.9 Å². The third-order valence-electron chi connectivity index (χ3n) is 3.38. The van der Waals surface area contributed by atoms with Gasteiger partial charge in [0.25, 0.3) is 0 Å². The highest BCUT2D eigenvalue weighted by atomic mass is 35.5. The molecule has 1 fully saturated rings. The van der Waals surface area contributed by atoms with E-state index in [9.17, 15) is 4.79 Å². The molecule has 1 aliphatic heterocycles. The van der Waals surface area contributed by atoms with Gasteiger partial charge in [0.1, 0.15) is 0 Å². The Balaban J connectivity index is 1.85. The van der Waals surface area contributed by atoms with Crippen LogP contribution in [0.1, 0.15) is 12.0 Å². The molecule has 4 nitrogen and oxygen atoms in total. The molecule has 0 radical (unpaired) electrons. The highest BCUT2D eigenvalue weighted by molar-refractivity contribution is 6.30. The molecule has 0 atom stereocenters. The first-order valence-corrected chi connectivity index (χ1v) is 6.99. The number of rotatable bonds is 4. The third-order valence-corrected chi connectivity index (χ3v) is 3.63. The molecule has 0 aromatic heterocycles. The van der Waals surface area contributed by atoms with E-state index >= 15 is 0 Å². The molecule has 5 heteroatoms. The van der Waals surface area contributed by atoms with E-state index in [-0.39, 0.29) is 5.91 Å². The van der Waals surface area contributed by atoms with E-state index in [1.165, 1.54) is 5.56 Å². The number of halogens is 1. The molecule has 0 aliphatic carbocycles. The molecule has 1 aliphatic rings. The van der Waals surface area contributed by atoms with Gasteiger partial charge < -0.3 is 5.73 Å². The fraction of sp³-hybridized carbons (Fsp3) is 0.500. The van der Waals surface area contributed by atoms with Crippen molar-refractivity contribution in [1.82, 2.24) is 9.80 Å². The number of hydrogen-bond donors (Lipinski definition) is 1. The molecular formula is C14H20ClN3O. The monoisotopic (exact) mass is 281 g/mol. The molecule has 1 heterocycles. The zero-order valence-corrected chi connectivity index (χ0v) is 11.8. The average molecular weight is 282 g/mol. The average Bonchev–Trinajstić information content (AvgIpc) is 2.57. The van der Waals surface area contributed by atoms with Gasteiger partial charge in [-0.3, -0.25) is 14.6 Å². The van der Waals surface area contributed by atoms with E-state index in [4.69, 9.17) is 17.3 Å². The van der Waals surface area contributed by atoms with Crippen LogP contribution < -0.4 is 5.73 Å². The molecule has 1 amide bonds. The van der Waals surface area contributed by atoms with E-state index < -0.39 is 0 Å². The second kappa shape index (κ2) is 6.89. The number of hydrogen-bond acceptors (Lipinski definition) is 3. The number of benzene rings is 1. The maximum Gasteiger partial charge on any atom is 0.231 e. The van der Waals surface area contributed by atoms with Crippen molar-refractivity contribution in [3.8, 4) is 0 Å². The summed E-state index contributed by atoms with van der Waals surface area (Å²) in [6.45, 7) is 5.17. The lowest BCUT2D eigenvalue weighted by atomic mass is 10.2. The predicted octanol–water partition coefficient (Wildman–Crippen LogP) is 1.33. The quantitative estimate of drug-likeness (QED) is 0.906. The summed E-state index contributed by atoms with van der Waals surface area (Å²) in [4.78, 5) is 15.5. The van der Waals surface area contributed by atoms with Crippen molar-refractivity contribution < 1.29 is 4.79 Å². The molecule has 2 N–H and O–H groups in total. The Hall–Kier alpha value is -1.10. The molecule has 104 valence electrons. The fourth-order valence-corrected chi connectivity index (χ4v) is 2.53. The second-order valence-electron chi connectivity index (χ2n) is 5.00. The highest BCUT2D eigenvalue weighted by Gasteiger charge is 2.15. The number of carbonyl (C=O) groups is 1. The maximum atomic E-state index is 10.9. The molecule has 0 bridgehead atoms. The predicted molar refractivity (Wildman–Crippen MR) is 77.0 cm³/mol. The minimum Gasteiger partial charge on any atom is -0.369 e. The van der Waals surface area contributed by atoms with Crippen LogP contribution in [0.25, 0.3) is 0 Å². The molecular weight excluding hydrogens is 262 g/mol. The molecule has 19 heavy (non-hydrogen) atoms. The second-order valence-corrected chi connectivity index (χ2v) is 5.44. The van der Waals surface area contributed by atoms with Crippen LogP contribution in [0.5, 0.6) is 0 Å². The summed E-state index contributed by atoms with van der Waals surface area (Å²) in [5.74, 6) is -0.244. The van der Waals surface area contributed by atoms with E-state index in [0.717, 1.165) is 44.2 Å². The van der Waals surface area contributed by atoms with Crippen LogP contribution in [0.3, 0.4) is 0 Å². The van der Waals surface area contributed by atoms with Gasteiger partial charge in [0.2, 0.25) is 5.91 Å². The van der Waals surface area contributed by atoms with Gasteiger partial charge in [0.05, 0.1) is 6.54 Å². The van der Waals surface area contributed by atoms with Crippen LogP contribution in [0.4, 0.5) is 0 Å².